The third kappa shape index (κ3) is 4.35. The fraction of sp³-hybridized carbons (Fsp3) is 0.467. The highest BCUT2D eigenvalue weighted by atomic mass is 35.5. The third-order valence-electron chi connectivity index (χ3n) is 3.46. The van der Waals surface area contributed by atoms with Crippen molar-refractivity contribution in [3.8, 4) is 0 Å². The van der Waals surface area contributed by atoms with Crippen molar-refractivity contribution in [2.45, 2.75) is 31.4 Å². The van der Waals surface area contributed by atoms with Crippen LogP contribution in [0.4, 0.5) is 0 Å². The molecule has 120 valence electrons. The minimum absolute atomic E-state index is 0.223. The van der Waals surface area contributed by atoms with E-state index in [0.717, 1.165) is 6.42 Å². The van der Waals surface area contributed by atoms with Crippen molar-refractivity contribution in [2.75, 3.05) is 13.7 Å². The number of methoxy groups -OCH3 is 1. The molecule has 0 saturated carbocycles. The summed E-state index contributed by atoms with van der Waals surface area (Å²) < 4.78 is 10.1. The van der Waals surface area contributed by atoms with Crippen LogP contribution in [0.1, 0.15) is 18.4 Å². The van der Waals surface area contributed by atoms with Crippen LogP contribution in [0, 0.1) is 0 Å². The lowest BCUT2D eigenvalue weighted by Gasteiger charge is -2.19. The second kappa shape index (κ2) is 7.81. The number of halogens is 2. The van der Waals surface area contributed by atoms with Crippen molar-refractivity contribution < 1.29 is 19.1 Å². The average Bonchev–Trinajstić information content (AvgIpc) is 3.02. The molecular weight excluding hydrogens is 329 g/mol. The van der Waals surface area contributed by atoms with E-state index in [4.69, 9.17) is 32.7 Å². The van der Waals surface area contributed by atoms with E-state index in [0.29, 0.717) is 28.6 Å². The van der Waals surface area contributed by atoms with E-state index in [1.807, 2.05) is 0 Å². The van der Waals surface area contributed by atoms with Crippen molar-refractivity contribution in [1.29, 1.82) is 0 Å². The van der Waals surface area contributed by atoms with E-state index in [1.54, 1.807) is 18.2 Å². The summed E-state index contributed by atoms with van der Waals surface area (Å²) in [5.41, 5.74) is 0.703. The summed E-state index contributed by atoms with van der Waals surface area (Å²) in [6, 6.07) is 4.17. The molecule has 1 fully saturated rings. The molecule has 5 nitrogen and oxygen atoms in total. The zero-order valence-corrected chi connectivity index (χ0v) is 13.6. The van der Waals surface area contributed by atoms with Crippen molar-refractivity contribution in [1.82, 2.24) is 5.32 Å². The van der Waals surface area contributed by atoms with Crippen LogP contribution in [-0.2, 0) is 25.5 Å². The molecule has 1 aliphatic rings. The number of amides is 1. The lowest BCUT2D eigenvalue weighted by Crippen LogP contribution is -2.47. The maximum Gasteiger partial charge on any atom is 0.328 e. The maximum atomic E-state index is 12.1. The Morgan fingerprint density at radius 2 is 2.23 bits per heavy atom. The Morgan fingerprint density at radius 1 is 1.45 bits per heavy atom. The first kappa shape index (κ1) is 17.1. The average molecular weight is 346 g/mol. The van der Waals surface area contributed by atoms with E-state index in [2.05, 4.69) is 5.32 Å². The molecule has 0 aromatic heterocycles. The van der Waals surface area contributed by atoms with Gasteiger partial charge in [-0.1, -0.05) is 29.3 Å². The molecule has 2 rings (SSSR count). The minimum atomic E-state index is -0.819. The van der Waals surface area contributed by atoms with Crippen LogP contribution in [0.5, 0.6) is 0 Å². The fourth-order valence-electron chi connectivity index (χ4n) is 2.29. The molecule has 0 radical (unpaired) electrons. The van der Waals surface area contributed by atoms with Crippen LogP contribution >= 0.6 is 23.2 Å². The van der Waals surface area contributed by atoms with E-state index < -0.39 is 18.1 Å². The maximum absolute atomic E-state index is 12.1. The van der Waals surface area contributed by atoms with Crippen molar-refractivity contribution >= 4 is 35.1 Å². The summed E-state index contributed by atoms with van der Waals surface area (Å²) in [5, 5.41) is 3.61. The van der Waals surface area contributed by atoms with Crippen molar-refractivity contribution in [3.63, 3.8) is 0 Å². The summed E-state index contributed by atoms with van der Waals surface area (Å²) in [4.78, 5) is 24.0. The Bertz CT molecular complexity index is 558. The first-order chi connectivity index (χ1) is 10.5. The summed E-state index contributed by atoms with van der Waals surface area (Å²) in [5.74, 6) is -0.838. The lowest BCUT2D eigenvalue weighted by molar-refractivity contribution is -0.146. The van der Waals surface area contributed by atoms with Crippen LogP contribution in [0.15, 0.2) is 18.2 Å². The Balaban J connectivity index is 2.08. The number of carbonyl (C=O) groups is 2. The van der Waals surface area contributed by atoms with Crippen LogP contribution in [0.2, 0.25) is 10.0 Å². The van der Waals surface area contributed by atoms with Gasteiger partial charge in [-0.25, -0.2) is 4.79 Å². The summed E-state index contributed by atoms with van der Waals surface area (Å²) >= 11 is 12.0. The first-order valence-electron chi connectivity index (χ1n) is 6.95. The van der Waals surface area contributed by atoms with Crippen LogP contribution < -0.4 is 5.32 Å². The summed E-state index contributed by atoms with van der Waals surface area (Å²) in [6.45, 7) is 0.560. The smallest absolute Gasteiger partial charge is 0.328 e. The number of hydrogen-bond donors (Lipinski definition) is 1. The van der Waals surface area contributed by atoms with E-state index in [-0.39, 0.29) is 12.3 Å². The van der Waals surface area contributed by atoms with Gasteiger partial charge in [0.15, 0.2) is 0 Å². The van der Waals surface area contributed by atoms with E-state index in [9.17, 15) is 9.59 Å². The fourth-order valence-corrected chi connectivity index (χ4v) is 2.78. The highest BCUT2D eigenvalue weighted by molar-refractivity contribution is 6.35. The molecule has 0 unspecified atom stereocenters. The molecule has 0 aliphatic carbocycles. The Morgan fingerprint density at radius 3 is 2.82 bits per heavy atom. The molecule has 1 heterocycles. The van der Waals surface area contributed by atoms with Crippen LogP contribution in [-0.4, -0.2) is 37.7 Å². The zero-order chi connectivity index (χ0) is 16.1. The molecule has 7 heteroatoms. The molecular formula is C15H17Cl2NO4. The molecule has 2 atom stereocenters. The van der Waals surface area contributed by atoms with Gasteiger partial charge in [0.1, 0.15) is 12.1 Å². The number of hydrogen-bond acceptors (Lipinski definition) is 4. The summed E-state index contributed by atoms with van der Waals surface area (Å²) in [6.07, 6.45) is 1.21. The molecule has 1 N–H and O–H groups in total. The third-order valence-corrected chi connectivity index (χ3v) is 4.05. The Labute approximate surface area is 138 Å². The number of nitrogens with one attached hydrogen (secondary N) is 1. The summed E-state index contributed by atoms with van der Waals surface area (Å²) in [7, 11) is 1.27. The van der Waals surface area contributed by atoms with E-state index in [1.165, 1.54) is 7.11 Å². The molecule has 1 aliphatic heterocycles. The van der Waals surface area contributed by atoms with Crippen LogP contribution in [0.3, 0.4) is 0 Å². The topological polar surface area (TPSA) is 64.6 Å². The number of esters is 1. The zero-order valence-electron chi connectivity index (χ0n) is 12.1. The van der Waals surface area contributed by atoms with Crippen molar-refractivity contribution in [3.05, 3.63) is 33.8 Å². The number of ether oxygens (including phenoxy) is 2. The van der Waals surface area contributed by atoms with Gasteiger partial charge in [0.25, 0.3) is 0 Å². The molecule has 1 aromatic carbocycles. The molecule has 1 saturated heterocycles. The van der Waals surface area contributed by atoms with Crippen molar-refractivity contribution in [2.24, 2.45) is 0 Å². The second-order valence-electron chi connectivity index (χ2n) is 5.03. The van der Waals surface area contributed by atoms with Crippen LogP contribution in [0.25, 0.3) is 0 Å². The first-order valence-corrected chi connectivity index (χ1v) is 7.70. The highest BCUT2D eigenvalue weighted by Crippen LogP contribution is 2.22. The normalized spacial score (nSPS) is 18.8. The van der Waals surface area contributed by atoms with E-state index >= 15 is 0 Å². The number of benzene rings is 1. The predicted octanol–water partition coefficient (Wildman–Crippen LogP) is 2.37. The SMILES string of the molecule is COC(=O)[C@@H](Cc1ccc(Cl)cc1Cl)NC(=O)[C@H]1CCCO1. The minimum Gasteiger partial charge on any atom is -0.467 e. The van der Waals surface area contributed by atoms with Gasteiger partial charge in [-0.2, -0.15) is 0 Å². The molecule has 0 bridgehead atoms. The van der Waals surface area contributed by atoms with Gasteiger partial charge in [0.05, 0.1) is 7.11 Å². The molecule has 0 spiro atoms. The highest BCUT2D eigenvalue weighted by Gasteiger charge is 2.29. The van der Waals surface area contributed by atoms with Gasteiger partial charge in [-0.15, -0.1) is 0 Å². The second-order valence-corrected chi connectivity index (χ2v) is 5.87. The van der Waals surface area contributed by atoms with Gasteiger partial charge in [-0.3, -0.25) is 4.79 Å². The molecule has 1 aromatic rings. The Hall–Kier alpha value is -1.30. The predicted molar refractivity (Wildman–Crippen MR) is 83.1 cm³/mol. The number of carbonyl (C=O) groups excluding carboxylic acids is 2. The molecule has 1 amide bonds. The molecule has 22 heavy (non-hydrogen) atoms. The van der Waals surface area contributed by atoms with Gasteiger partial charge >= 0.3 is 5.97 Å². The van der Waals surface area contributed by atoms with Gasteiger partial charge < -0.3 is 14.8 Å². The van der Waals surface area contributed by atoms with Gasteiger partial charge in [-0.05, 0) is 30.5 Å². The van der Waals surface area contributed by atoms with Gasteiger partial charge in [0.2, 0.25) is 5.91 Å². The van der Waals surface area contributed by atoms with Gasteiger partial charge in [0, 0.05) is 23.1 Å². The number of rotatable bonds is 5. The lowest BCUT2D eigenvalue weighted by atomic mass is 10.1. The Kier molecular flexibility index (Phi) is 6.06. The quantitative estimate of drug-likeness (QED) is 0.832. The monoisotopic (exact) mass is 345 g/mol. The largest absolute Gasteiger partial charge is 0.467 e. The standard InChI is InChI=1S/C15H17Cl2NO4/c1-21-15(20)12(18-14(19)13-3-2-6-22-13)7-9-4-5-10(16)8-11(9)17/h4-5,8,12-13H,2-3,6-7H2,1H3,(H,18,19)/t12-,13-/m1/s1.